The summed E-state index contributed by atoms with van der Waals surface area (Å²) in [5.41, 5.74) is 3.36. The van der Waals surface area contributed by atoms with Crippen LogP contribution in [0.2, 0.25) is 0 Å². The van der Waals surface area contributed by atoms with E-state index in [2.05, 4.69) is 20.2 Å². The lowest BCUT2D eigenvalue weighted by atomic mass is 10.1. The van der Waals surface area contributed by atoms with E-state index in [0.29, 0.717) is 39.5 Å². The minimum Gasteiger partial charge on any atom is -0.466 e. The fourth-order valence-electron chi connectivity index (χ4n) is 3.33. The first-order valence-electron chi connectivity index (χ1n) is 9.34. The number of hydrogen-bond acceptors (Lipinski definition) is 7. The van der Waals surface area contributed by atoms with Crippen molar-refractivity contribution in [2.75, 3.05) is 16.3 Å². The number of nitrogens with one attached hydrogen (secondary N) is 2. The summed E-state index contributed by atoms with van der Waals surface area (Å²) < 4.78 is 36.0. The first-order chi connectivity index (χ1) is 14.6. The third-order valence-corrected chi connectivity index (χ3v) is 5.23. The molecule has 0 saturated heterocycles. The number of fused-ring (bicyclic) bond motifs is 1. The number of anilines is 2. The highest BCUT2D eigenvalue weighted by Crippen LogP contribution is 2.31. The van der Waals surface area contributed by atoms with Crippen molar-refractivity contribution in [3.63, 3.8) is 0 Å². The Labute approximate surface area is 178 Å². The van der Waals surface area contributed by atoms with Gasteiger partial charge in [0.05, 0.1) is 28.6 Å². The summed E-state index contributed by atoms with van der Waals surface area (Å²) in [6.45, 7) is 5.40. The van der Waals surface area contributed by atoms with Gasteiger partial charge in [0.25, 0.3) is 11.6 Å². The molecule has 160 valence electrons. The number of hydrogen-bond donors (Lipinski definition) is 2. The molecular formula is C21H20N4O5S. The molecule has 0 aliphatic rings. The Bertz CT molecular complexity index is 1400. The van der Waals surface area contributed by atoms with Gasteiger partial charge in [0, 0.05) is 16.9 Å². The van der Waals surface area contributed by atoms with Gasteiger partial charge in [-0.1, -0.05) is 5.16 Å². The maximum absolute atomic E-state index is 13.1. The average molecular weight is 440 g/mol. The number of carbonyl (C=O) groups is 1. The Balaban J connectivity index is 1.70. The average Bonchev–Trinajstić information content (AvgIpc) is 3.23. The molecule has 9 nitrogen and oxygen atoms in total. The summed E-state index contributed by atoms with van der Waals surface area (Å²) in [4.78, 5) is 17.6. The quantitative estimate of drug-likeness (QED) is 0.479. The Morgan fingerprint density at radius 2 is 1.71 bits per heavy atom. The van der Waals surface area contributed by atoms with Crippen LogP contribution in [0.15, 0.2) is 45.3 Å². The molecule has 0 aliphatic carbocycles. The second-order valence-corrected chi connectivity index (χ2v) is 8.98. The number of sulfonamides is 1. The Morgan fingerprint density at radius 1 is 1.03 bits per heavy atom. The number of furan rings is 1. The topological polar surface area (TPSA) is 127 Å². The van der Waals surface area contributed by atoms with E-state index in [1.54, 1.807) is 37.3 Å². The maximum atomic E-state index is 13.1. The van der Waals surface area contributed by atoms with E-state index < -0.39 is 10.0 Å². The summed E-state index contributed by atoms with van der Waals surface area (Å²) in [5, 5.41) is 7.29. The highest BCUT2D eigenvalue weighted by atomic mass is 32.2. The third-order valence-electron chi connectivity index (χ3n) is 4.62. The molecule has 0 atom stereocenters. The van der Waals surface area contributed by atoms with E-state index in [4.69, 9.17) is 8.94 Å². The number of rotatable bonds is 5. The van der Waals surface area contributed by atoms with Crippen LogP contribution in [-0.2, 0) is 10.0 Å². The highest BCUT2D eigenvalue weighted by molar-refractivity contribution is 7.92. The fourth-order valence-corrected chi connectivity index (χ4v) is 3.90. The smallest absolute Gasteiger partial charge is 0.259 e. The summed E-state index contributed by atoms with van der Waals surface area (Å²) in [6, 6.07) is 9.86. The van der Waals surface area contributed by atoms with Crippen molar-refractivity contribution in [1.82, 2.24) is 10.1 Å². The molecule has 0 bridgehead atoms. The van der Waals surface area contributed by atoms with Gasteiger partial charge in [0.1, 0.15) is 11.5 Å². The van der Waals surface area contributed by atoms with Gasteiger partial charge >= 0.3 is 0 Å². The molecule has 4 rings (SSSR count). The number of benzene rings is 1. The van der Waals surface area contributed by atoms with Crippen LogP contribution in [0.1, 0.15) is 27.6 Å². The highest BCUT2D eigenvalue weighted by Gasteiger charge is 2.21. The van der Waals surface area contributed by atoms with E-state index in [9.17, 15) is 13.2 Å². The van der Waals surface area contributed by atoms with Gasteiger partial charge in [-0.05, 0) is 57.2 Å². The molecule has 2 N–H and O–H groups in total. The first-order valence-corrected chi connectivity index (χ1v) is 11.2. The molecular weight excluding hydrogens is 420 g/mol. The van der Waals surface area contributed by atoms with Crippen molar-refractivity contribution in [2.24, 2.45) is 0 Å². The molecule has 1 aromatic carbocycles. The standard InChI is InChI=1S/C21H20N4O5S/c1-11-9-16(13(3)29-11)18-10-17(19-12(2)24-30-21(19)23-18)20(26)22-14-5-7-15(8-6-14)25-31(4,27)28/h5-10,25H,1-4H3,(H,22,26). The minimum atomic E-state index is -3.38. The van der Waals surface area contributed by atoms with Crippen LogP contribution in [0.5, 0.6) is 0 Å². The van der Waals surface area contributed by atoms with E-state index >= 15 is 0 Å². The molecule has 3 aromatic heterocycles. The third kappa shape index (κ3) is 4.29. The number of amides is 1. The molecule has 0 radical (unpaired) electrons. The second kappa shape index (κ2) is 7.55. The summed E-state index contributed by atoms with van der Waals surface area (Å²) in [6.07, 6.45) is 1.07. The van der Waals surface area contributed by atoms with Gasteiger partial charge in [0.2, 0.25) is 10.0 Å². The first kappa shape index (κ1) is 20.6. The maximum Gasteiger partial charge on any atom is 0.259 e. The molecule has 0 fully saturated rings. The molecule has 0 aliphatic heterocycles. The van der Waals surface area contributed by atoms with Crippen molar-refractivity contribution >= 4 is 38.4 Å². The Kier molecular flexibility index (Phi) is 5.02. The van der Waals surface area contributed by atoms with Gasteiger partial charge in [-0.3, -0.25) is 9.52 Å². The molecule has 1 amide bonds. The van der Waals surface area contributed by atoms with Crippen LogP contribution in [0.3, 0.4) is 0 Å². The number of aryl methyl sites for hydroxylation is 3. The van der Waals surface area contributed by atoms with Crippen LogP contribution in [0.4, 0.5) is 11.4 Å². The Morgan fingerprint density at radius 3 is 2.32 bits per heavy atom. The normalized spacial score (nSPS) is 11.6. The molecule has 0 saturated carbocycles. The lowest BCUT2D eigenvalue weighted by Crippen LogP contribution is -2.13. The molecule has 0 spiro atoms. The summed E-state index contributed by atoms with van der Waals surface area (Å²) >= 11 is 0. The van der Waals surface area contributed by atoms with Gasteiger partial charge in [0.15, 0.2) is 0 Å². The van der Waals surface area contributed by atoms with Crippen LogP contribution >= 0.6 is 0 Å². The lowest BCUT2D eigenvalue weighted by molar-refractivity contribution is 0.102. The van der Waals surface area contributed by atoms with E-state index in [0.717, 1.165) is 17.6 Å². The number of aromatic nitrogens is 2. The fraction of sp³-hybridized carbons (Fsp3) is 0.190. The molecule has 3 heterocycles. The minimum absolute atomic E-state index is 0.256. The second-order valence-electron chi connectivity index (χ2n) is 7.24. The number of nitrogens with zero attached hydrogens (tertiary/aromatic N) is 2. The van der Waals surface area contributed by atoms with E-state index in [1.807, 2.05) is 19.9 Å². The van der Waals surface area contributed by atoms with Gasteiger partial charge < -0.3 is 14.3 Å². The van der Waals surface area contributed by atoms with Gasteiger partial charge in [-0.15, -0.1) is 0 Å². The van der Waals surface area contributed by atoms with Crippen molar-refractivity contribution in [2.45, 2.75) is 20.8 Å². The van der Waals surface area contributed by atoms with Crippen LogP contribution in [0, 0.1) is 20.8 Å². The number of pyridine rings is 1. The summed E-state index contributed by atoms with van der Waals surface area (Å²) in [5.74, 6) is 1.04. The van der Waals surface area contributed by atoms with Crippen molar-refractivity contribution in [1.29, 1.82) is 0 Å². The van der Waals surface area contributed by atoms with Crippen molar-refractivity contribution in [3.8, 4) is 11.3 Å². The molecule has 10 heteroatoms. The predicted molar refractivity (Wildman–Crippen MR) is 117 cm³/mol. The number of carbonyl (C=O) groups excluding carboxylic acids is 1. The lowest BCUT2D eigenvalue weighted by Gasteiger charge is -2.09. The summed E-state index contributed by atoms with van der Waals surface area (Å²) in [7, 11) is -3.38. The molecule has 4 aromatic rings. The zero-order valence-electron chi connectivity index (χ0n) is 17.3. The predicted octanol–water partition coefficient (Wildman–Crippen LogP) is 4.03. The van der Waals surface area contributed by atoms with Gasteiger partial charge in [-0.2, -0.15) is 0 Å². The van der Waals surface area contributed by atoms with Crippen molar-refractivity contribution in [3.05, 3.63) is 59.2 Å². The SMILES string of the molecule is Cc1cc(-c2cc(C(=O)Nc3ccc(NS(C)(=O)=O)cc3)c3c(C)noc3n2)c(C)o1. The zero-order chi connectivity index (χ0) is 22.3. The van der Waals surface area contributed by atoms with Crippen LogP contribution < -0.4 is 10.0 Å². The monoisotopic (exact) mass is 440 g/mol. The van der Waals surface area contributed by atoms with Crippen LogP contribution in [0.25, 0.3) is 22.4 Å². The largest absolute Gasteiger partial charge is 0.466 e. The molecule has 31 heavy (non-hydrogen) atoms. The van der Waals surface area contributed by atoms with Gasteiger partial charge in [-0.25, -0.2) is 13.4 Å². The van der Waals surface area contributed by atoms with E-state index in [-0.39, 0.29) is 11.6 Å². The molecule has 0 unspecified atom stereocenters. The van der Waals surface area contributed by atoms with E-state index in [1.165, 1.54) is 0 Å². The Hall–Kier alpha value is -3.66. The van der Waals surface area contributed by atoms with Crippen LogP contribution in [-0.4, -0.2) is 30.7 Å². The van der Waals surface area contributed by atoms with Crippen molar-refractivity contribution < 1.29 is 22.2 Å². The zero-order valence-corrected chi connectivity index (χ0v) is 18.1.